The summed E-state index contributed by atoms with van der Waals surface area (Å²) in [6, 6.07) is 21.1. The van der Waals surface area contributed by atoms with Crippen molar-refractivity contribution in [3.8, 4) is 0 Å². The Morgan fingerprint density at radius 3 is 2.31 bits per heavy atom. The molecule has 0 spiro atoms. The molecule has 1 heterocycles. The van der Waals surface area contributed by atoms with Crippen LogP contribution in [0.25, 0.3) is 0 Å². The molecule has 5 nitrogen and oxygen atoms in total. The van der Waals surface area contributed by atoms with Crippen molar-refractivity contribution in [3.63, 3.8) is 0 Å². The van der Waals surface area contributed by atoms with Crippen molar-refractivity contribution in [1.29, 1.82) is 0 Å². The van der Waals surface area contributed by atoms with Crippen LogP contribution in [0.3, 0.4) is 0 Å². The maximum absolute atomic E-state index is 12.7. The monoisotopic (exact) mass is 407 g/mol. The highest BCUT2D eigenvalue weighted by molar-refractivity contribution is 6.33. The summed E-state index contributed by atoms with van der Waals surface area (Å²) in [5.74, 6) is -0.508. The van der Waals surface area contributed by atoms with Crippen LogP contribution in [0.5, 0.6) is 0 Å². The maximum Gasteiger partial charge on any atom is 0.253 e. The van der Waals surface area contributed by atoms with Crippen molar-refractivity contribution >= 4 is 23.4 Å². The third-order valence-electron chi connectivity index (χ3n) is 4.52. The van der Waals surface area contributed by atoms with E-state index in [4.69, 9.17) is 11.6 Å². The first kappa shape index (κ1) is 20.6. The third kappa shape index (κ3) is 5.65. The van der Waals surface area contributed by atoms with Gasteiger partial charge >= 0.3 is 0 Å². The number of hydrogen-bond donors (Lipinski definition) is 2. The highest BCUT2D eigenvalue weighted by Gasteiger charge is 2.21. The van der Waals surface area contributed by atoms with Crippen LogP contribution in [-0.4, -0.2) is 16.8 Å². The summed E-state index contributed by atoms with van der Waals surface area (Å²) in [5.41, 5.74) is 1.99. The van der Waals surface area contributed by atoms with Crippen LogP contribution in [0.15, 0.2) is 79.0 Å². The van der Waals surface area contributed by atoms with E-state index in [0.29, 0.717) is 10.6 Å². The number of pyridine rings is 1. The van der Waals surface area contributed by atoms with E-state index >= 15 is 0 Å². The van der Waals surface area contributed by atoms with E-state index in [1.54, 1.807) is 30.5 Å². The Morgan fingerprint density at radius 1 is 0.931 bits per heavy atom. The lowest BCUT2D eigenvalue weighted by molar-refractivity contribution is -0.122. The predicted molar refractivity (Wildman–Crippen MR) is 114 cm³/mol. The summed E-state index contributed by atoms with van der Waals surface area (Å²) in [7, 11) is 0. The van der Waals surface area contributed by atoms with Gasteiger partial charge in [0.15, 0.2) is 0 Å². The molecule has 0 fully saturated rings. The molecule has 148 valence electrons. The first-order valence-corrected chi connectivity index (χ1v) is 9.73. The zero-order valence-electron chi connectivity index (χ0n) is 16.0. The lowest BCUT2D eigenvalue weighted by atomic mass is 10.0. The van der Waals surface area contributed by atoms with E-state index in [-0.39, 0.29) is 24.3 Å². The minimum atomic E-state index is -0.490. The smallest absolute Gasteiger partial charge is 0.253 e. The van der Waals surface area contributed by atoms with Crippen LogP contribution in [0.2, 0.25) is 5.02 Å². The van der Waals surface area contributed by atoms with Gasteiger partial charge in [-0.05, 0) is 36.8 Å². The van der Waals surface area contributed by atoms with Gasteiger partial charge in [-0.15, -0.1) is 0 Å². The van der Waals surface area contributed by atoms with Crippen molar-refractivity contribution in [2.24, 2.45) is 0 Å². The molecule has 6 heteroatoms. The first-order valence-electron chi connectivity index (χ1n) is 9.35. The van der Waals surface area contributed by atoms with Crippen molar-refractivity contribution in [3.05, 3.63) is 101 Å². The van der Waals surface area contributed by atoms with Crippen molar-refractivity contribution in [2.45, 2.75) is 25.4 Å². The zero-order chi connectivity index (χ0) is 20.6. The normalized spacial score (nSPS) is 12.6. The Morgan fingerprint density at radius 2 is 1.62 bits per heavy atom. The first-order chi connectivity index (χ1) is 14.0. The number of aromatic nitrogens is 1. The molecule has 2 amide bonds. The van der Waals surface area contributed by atoms with E-state index in [2.05, 4.69) is 15.6 Å². The topological polar surface area (TPSA) is 71.1 Å². The van der Waals surface area contributed by atoms with Gasteiger partial charge in [-0.1, -0.05) is 60.1 Å². The molecule has 0 saturated heterocycles. The molecule has 0 aliphatic carbocycles. The Bertz CT molecular complexity index is 964. The standard InChI is InChI=1S/C23H22ClN3O2/c1-16(20-13-7-8-14-25-20)26-22(28)15-21(17-9-3-2-4-10-17)27-23(29)18-11-5-6-12-19(18)24/h2-14,16,21H,15H2,1H3,(H,26,28)(H,27,29). The summed E-state index contributed by atoms with van der Waals surface area (Å²) in [6.07, 6.45) is 1.78. The van der Waals surface area contributed by atoms with Gasteiger partial charge in [0, 0.05) is 6.20 Å². The van der Waals surface area contributed by atoms with Crippen LogP contribution >= 0.6 is 11.6 Å². The SMILES string of the molecule is CC(NC(=O)CC(NC(=O)c1ccccc1Cl)c1ccccc1)c1ccccn1. The van der Waals surface area contributed by atoms with Crippen LogP contribution in [0, 0.1) is 0 Å². The van der Waals surface area contributed by atoms with Crippen molar-refractivity contribution < 1.29 is 9.59 Å². The lowest BCUT2D eigenvalue weighted by Gasteiger charge is -2.21. The van der Waals surface area contributed by atoms with E-state index < -0.39 is 6.04 Å². The number of benzene rings is 2. The van der Waals surface area contributed by atoms with Gasteiger partial charge in [0.05, 0.1) is 34.8 Å². The molecule has 3 rings (SSSR count). The van der Waals surface area contributed by atoms with E-state index in [1.807, 2.05) is 55.5 Å². The Hall–Kier alpha value is -3.18. The third-order valence-corrected chi connectivity index (χ3v) is 4.85. The second-order valence-corrected chi connectivity index (χ2v) is 7.07. The number of rotatable bonds is 7. The average molecular weight is 408 g/mol. The maximum atomic E-state index is 12.7. The quantitative estimate of drug-likeness (QED) is 0.606. The van der Waals surface area contributed by atoms with Gasteiger partial charge in [-0.2, -0.15) is 0 Å². The van der Waals surface area contributed by atoms with Gasteiger partial charge < -0.3 is 10.6 Å². The fourth-order valence-corrected chi connectivity index (χ4v) is 3.23. The number of amides is 2. The fourth-order valence-electron chi connectivity index (χ4n) is 3.01. The highest BCUT2D eigenvalue weighted by atomic mass is 35.5. The average Bonchev–Trinajstić information content (AvgIpc) is 2.74. The molecule has 0 saturated carbocycles. The van der Waals surface area contributed by atoms with Gasteiger partial charge in [0.2, 0.25) is 5.91 Å². The van der Waals surface area contributed by atoms with Gasteiger partial charge in [-0.25, -0.2) is 0 Å². The summed E-state index contributed by atoms with van der Waals surface area (Å²) in [6.45, 7) is 1.88. The molecule has 0 aliphatic heterocycles. The molecular formula is C23H22ClN3O2. The molecule has 0 aliphatic rings. The Kier molecular flexibility index (Phi) is 6.98. The molecule has 29 heavy (non-hydrogen) atoms. The number of nitrogens with one attached hydrogen (secondary N) is 2. The van der Waals surface area contributed by atoms with Crippen molar-refractivity contribution in [1.82, 2.24) is 15.6 Å². The molecule has 2 atom stereocenters. The molecule has 0 bridgehead atoms. The highest BCUT2D eigenvalue weighted by Crippen LogP contribution is 2.21. The van der Waals surface area contributed by atoms with Gasteiger partial charge in [0.1, 0.15) is 0 Å². The second kappa shape index (κ2) is 9.85. The molecule has 2 unspecified atom stereocenters. The summed E-state index contributed by atoms with van der Waals surface area (Å²) >= 11 is 6.14. The van der Waals surface area contributed by atoms with Crippen molar-refractivity contribution in [2.75, 3.05) is 0 Å². The van der Waals surface area contributed by atoms with Crippen LogP contribution < -0.4 is 10.6 Å². The summed E-state index contributed by atoms with van der Waals surface area (Å²) < 4.78 is 0. The zero-order valence-corrected chi connectivity index (χ0v) is 16.8. The summed E-state index contributed by atoms with van der Waals surface area (Å²) in [5, 5.41) is 6.24. The second-order valence-electron chi connectivity index (χ2n) is 6.66. The predicted octanol–water partition coefficient (Wildman–Crippen LogP) is 4.47. The molecule has 2 aromatic carbocycles. The number of halogens is 1. The van der Waals surface area contributed by atoms with E-state index in [1.165, 1.54) is 0 Å². The summed E-state index contributed by atoms with van der Waals surface area (Å²) in [4.78, 5) is 29.7. The number of carbonyl (C=O) groups excluding carboxylic acids is 2. The minimum Gasteiger partial charge on any atom is -0.348 e. The minimum absolute atomic E-state index is 0.0946. The molecule has 2 N–H and O–H groups in total. The Labute approximate surface area is 175 Å². The molecule has 3 aromatic rings. The number of nitrogens with zero attached hydrogens (tertiary/aromatic N) is 1. The van der Waals surface area contributed by atoms with Gasteiger partial charge in [0.25, 0.3) is 5.91 Å². The van der Waals surface area contributed by atoms with Gasteiger partial charge in [-0.3, -0.25) is 14.6 Å². The largest absolute Gasteiger partial charge is 0.348 e. The van der Waals surface area contributed by atoms with E-state index in [9.17, 15) is 9.59 Å². The molecule has 0 radical (unpaired) electrons. The fraction of sp³-hybridized carbons (Fsp3) is 0.174. The molecule has 1 aromatic heterocycles. The van der Waals surface area contributed by atoms with Crippen LogP contribution in [0.1, 0.15) is 47.0 Å². The van der Waals surface area contributed by atoms with Crippen LogP contribution in [0.4, 0.5) is 0 Å². The number of carbonyl (C=O) groups is 2. The molecular weight excluding hydrogens is 386 g/mol. The Balaban J connectivity index is 1.73. The lowest BCUT2D eigenvalue weighted by Crippen LogP contribution is -2.35. The van der Waals surface area contributed by atoms with Crippen LogP contribution in [-0.2, 0) is 4.79 Å². The van der Waals surface area contributed by atoms with E-state index in [0.717, 1.165) is 11.3 Å². The number of hydrogen-bond acceptors (Lipinski definition) is 3.